The Hall–Kier alpha value is -1.89. The largest absolute Gasteiger partial charge is 0.480 e. The summed E-state index contributed by atoms with van der Waals surface area (Å²) >= 11 is 5.95. The molecule has 0 saturated heterocycles. The van der Waals surface area contributed by atoms with Gasteiger partial charge in [-0.15, -0.1) is 0 Å². The minimum Gasteiger partial charge on any atom is -0.480 e. The average molecular weight is 366 g/mol. The van der Waals surface area contributed by atoms with Gasteiger partial charge in [-0.1, -0.05) is 41.4 Å². The first kappa shape index (κ1) is 17.0. The van der Waals surface area contributed by atoms with Crippen LogP contribution in [0.15, 0.2) is 53.4 Å². The molecule has 0 aliphatic heterocycles. The summed E-state index contributed by atoms with van der Waals surface area (Å²) in [6.45, 7) is 1.84. The summed E-state index contributed by atoms with van der Waals surface area (Å²) in [6.07, 6.45) is 0. The van der Waals surface area contributed by atoms with E-state index in [0.29, 0.717) is 10.6 Å². The molecule has 2 aromatic carbocycles. The maximum absolute atomic E-state index is 12.9. The van der Waals surface area contributed by atoms with Crippen molar-refractivity contribution in [3.8, 4) is 0 Å². The van der Waals surface area contributed by atoms with Crippen molar-refractivity contribution in [2.45, 2.75) is 28.5 Å². The van der Waals surface area contributed by atoms with Crippen LogP contribution in [0, 0.1) is 6.92 Å². The van der Waals surface area contributed by atoms with Crippen LogP contribution in [0.3, 0.4) is 0 Å². The minimum absolute atomic E-state index is 0.0682. The molecule has 0 bridgehead atoms. The zero-order valence-corrected chi connectivity index (χ0v) is 14.4. The van der Waals surface area contributed by atoms with E-state index in [0.717, 1.165) is 5.56 Å². The lowest BCUT2D eigenvalue weighted by Crippen LogP contribution is -2.39. The molecular weight excluding hydrogens is 350 g/mol. The summed E-state index contributed by atoms with van der Waals surface area (Å²) in [5.41, 5.74) is 5.54. The first-order chi connectivity index (χ1) is 11.2. The Balaban J connectivity index is 2.08. The highest BCUT2D eigenvalue weighted by atomic mass is 35.5. The monoisotopic (exact) mass is 365 g/mol. The number of aryl methyl sites for hydroxylation is 1. The van der Waals surface area contributed by atoms with Crippen LogP contribution in [0.1, 0.15) is 17.0 Å². The summed E-state index contributed by atoms with van der Waals surface area (Å²) in [6, 6.07) is 12.8. The number of carbonyl (C=O) groups is 1. The fourth-order valence-electron chi connectivity index (χ4n) is 3.09. The normalized spacial score (nSPS) is 26.1. The van der Waals surface area contributed by atoms with Crippen LogP contribution >= 0.6 is 11.6 Å². The highest BCUT2D eigenvalue weighted by molar-refractivity contribution is 7.92. The molecule has 1 aliphatic rings. The molecule has 0 radical (unpaired) electrons. The molecule has 1 fully saturated rings. The zero-order valence-electron chi connectivity index (χ0n) is 12.8. The Bertz CT molecular complexity index is 910. The molecule has 0 heterocycles. The van der Waals surface area contributed by atoms with Crippen molar-refractivity contribution in [3.63, 3.8) is 0 Å². The van der Waals surface area contributed by atoms with Gasteiger partial charge in [0.15, 0.2) is 9.84 Å². The van der Waals surface area contributed by atoms with Crippen LogP contribution in [-0.2, 0) is 14.6 Å². The summed E-state index contributed by atoms with van der Waals surface area (Å²) in [7, 11) is -3.89. The quantitative estimate of drug-likeness (QED) is 0.866. The number of benzene rings is 2. The number of nitrogens with two attached hydrogens (primary N) is 1. The number of sulfone groups is 1. The molecular formula is C17H16ClNO4S. The van der Waals surface area contributed by atoms with Crippen molar-refractivity contribution in [2.24, 2.45) is 5.73 Å². The number of rotatable bonds is 4. The molecule has 0 amide bonds. The molecule has 0 unspecified atom stereocenters. The van der Waals surface area contributed by atoms with Crippen molar-refractivity contribution in [1.82, 2.24) is 0 Å². The summed E-state index contributed by atoms with van der Waals surface area (Å²) in [4.78, 5) is 11.7. The lowest BCUT2D eigenvalue weighted by Gasteiger charge is -2.07. The third-order valence-corrected chi connectivity index (χ3v) is 6.94. The number of hydrogen-bond donors (Lipinski definition) is 2. The molecule has 3 rings (SSSR count). The highest BCUT2D eigenvalue weighted by Crippen LogP contribution is 2.56. The molecule has 1 aliphatic carbocycles. The molecule has 24 heavy (non-hydrogen) atoms. The highest BCUT2D eigenvalue weighted by Gasteiger charge is 2.74. The molecule has 126 valence electrons. The first-order valence-corrected chi connectivity index (χ1v) is 9.19. The number of carboxylic acids is 1. The Morgan fingerprint density at radius 1 is 1.21 bits per heavy atom. The molecule has 3 atom stereocenters. The Labute approximate surface area is 145 Å². The van der Waals surface area contributed by atoms with Gasteiger partial charge in [-0.2, -0.15) is 0 Å². The molecule has 5 nitrogen and oxygen atoms in total. The van der Waals surface area contributed by atoms with Gasteiger partial charge in [0.25, 0.3) is 0 Å². The van der Waals surface area contributed by atoms with Crippen molar-refractivity contribution in [1.29, 1.82) is 0 Å². The summed E-state index contributed by atoms with van der Waals surface area (Å²) in [5.74, 6) is -2.19. The molecule has 0 aromatic heterocycles. The van der Waals surface area contributed by atoms with E-state index >= 15 is 0 Å². The number of hydrogen-bond acceptors (Lipinski definition) is 4. The predicted molar refractivity (Wildman–Crippen MR) is 90.9 cm³/mol. The van der Waals surface area contributed by atoms with Crippen LogP contribution in [0.4, 0.5) is 0 Å². The van der Waals surface area contributed by atoms with E-state index in [2.05, 4.69) is 0 Å². The van der Waals surface area contributed by atoms with E-state index in [4.69, 9.17) is 17.3 Å². The fourth-order valence-corrected chi connectivity index (χ4v) is 5.52. The topological polar surface area (TPSA) is 97.5 Å². The average Bonchev–Trinajstić information content (AvgIpc) is 3.17. The minimum atomic E-state index is -3.89. The van der Waals surface area contributed by atoms with Crippen LogP contribution in [0.2, 0.25) is 5.02 Å². The number of carboxylic acid groups (broad SMARTS) is 1. The molecule has 0 spiro atoms. The molecule has 3 N–H and O–H groups in total. The smallest absolute Gasteiger partial charge is 0.325 e. The summed E-state index contributed by atoms with van der Waals surface area (Å²) < 4.78 is 25.8. The van der Waals surface area contributed by atoms with Crippen LogP contribution in [0.25, 0.3) is 0 Å². The predicted octanol–water partition coefficient (Wildman–Crippen LogP) is 2.37. The maximum Gasteiger partial charge on any atom is 0.325 e. The number of aliphatic carboxylic acids is 1. The lowest BCUT2D eigenvalue weighted by atomic mass is 10.1. The van der Waals surface area contributed by atoms with E-state index < -0.39 is 32.5 Å². The van der Waals surface area contributed by atoms with Crippen molar-refractivity contribution >= 4 is 27.4 Å². The van der Waals surface area contributed by atoms with E-state index in [1.54, 1.807) is 36.4 Å². The standard InChI is InChI=1S/C17H16ClNO4S/c1-10-5-7-13(8-6-10)24(22,23)15-14(17(15,19)16(20)21)11-3-2-4-12(18)9-11/h2-9,14-15H,19H2,1H3,(H,20,21)/t14-,15-,17+/m1/s1. The first-order valence-electron chi connectivity index (χ1n) is 7.27. The third kappa shape index (κ3) is 2.51. The van der Waals surface area contributed by atoms with Gasteiger partial charge in [0, 0.05) is 10.9 Å². The van der Waals surface area contributed by atoms with E-state index in [1.165, 1.54) is 12.1 Å². The Morgan fingerprint density at radius 3 is 2.38 bits per heavy atom. The van der Waals surface area contributed by atoms with Crippen LogP contribution in [-0.4, -0.2) is 30.3 Å². The lowest BCUT2D eigenvalue weighted by molar-refractivity contribution is -0.139. The fraction of sp³-hybridized carbons (Fsp3) is 0.235. The van der Waals surface area contributed by atoms with Gasteiger partial charge in [0.1, 0.15) is 10.8 Å². The van der Waals surface area contributed by atoms with Gasteiger partial charge in [-0.25, -0.2) is 8.42 Å². The second-order valence-corrected chi connectivity index (χ2v) is 8.56. The Morgan fingerprint density at radius 2 is 1.83 bits per heavy atom. The van der Waals surface area contributed by atoms with Gasteiger partial charge < -0.3 is 10.8 Å². The molecule has 7 heteroatoms. The van der Waals surface area contributed by atoms with Gasteiger partial charge in [-0.3, -0.25) is 4.79 Å². The molecule has 2 aromatic rings. The zero-order chi connectivity index (χ0) is 17.7. The van der Waals surface area contributed by atoms with Crippen LogP contribution < -0.4 is 5.73 Å². The van der Waals surface area contributed by atoms with Crippen molar-refractivity contribution in [3.05, 3.63) is 64.7 Å². The number of halogens is 1. The van der Waals surface area contributed by atoms with Crippen molar-refractivity contribution in [2.75, 3.05) is 0 Å². The van der Waals surface area contributed by atoms with Gasteiger partial charge in [0.2, 0.25) is 0 Å². The van der Waals surface area contributed by atoms with Crippen LogP contribution in [0.5, 0.6) is 0 Å². The molecule has 1 saturated carbocycles. The second kappa shape index (κ2) is 5.58. The summed E-state index contributed by atoms with van der Waals surface area (Å²) in [5, 5.41) is 8.68. The Kier molecular flexibility index (Phi) is 3.94. The van der Waals surface area contributed by atoms with E-state index in [1.807, 2.05) is 6.92 Å². The van der Waals surface area contributed by atoms with E-state index in [9.17, 15) is 18.3 Å². The SMILES string of the molecule is Cc1ccc(S(=O)(=O)[C@@H]2[C@@H](c3cccc(Cl)c3)[C@@]2(N)C(=O)O)cc1. The van der Waals surface area contributed by atoms with Gasteiger partial charge in [-0.05, 0) is 36.8 Å². The van der Waals surface area contributed by atoms with Gasteiger partial charge >= 0.3 is 5.97 Å². The van der Waals surface area contributed by atoms with Gasteiger partial charge in [0.05, 0.1) is 4.90 Å². The maximum atomic E-state index is 12.9. The van der Waals surface area contributed by atoms with Crippen molar-refractivity contribution < 1.29 is 18.3 Å². The second-order valence-electron chi connectivity index (χ2n) is 6.05. The van der Waals surface area contributed by atoms with E-state index in [-0.39, 0.29) is 4.90 Å². The third-order valence-electron chi connectivity index (χ3n) is 4.44.